The second-order valence-electron chi connectivity index (χ2n) is 5.09. The van der Waals surface area contributed by atoms with E-state index in [1.54, 1.807) is 19.9 Å². The van der Waals surface area contributed by atoms with Gasteiger partial charge in [-0.2, -0.15) is 0 Å². The highest BCUT2D eigenvalue weighted by molar-refractivity contribution is 9.10. The molecule has 19 heavy (non-hydrogen) atoms. The van der Waals surface area contributed by atoms with E-state index < -0.39 is 0 Å². The summed E-state index contributed by atoms with van der Waals surface area (Å²) in [7, 11) is 0. The fourth-order valence-corrected chi connectivity index (χ4v) is 1.90. The van der Waals surface area contributed by atoms with Crippen LogP contribution < -0.4 is 10.6 Å². The number of anilines is 1. The van der Waals surface area contributed by atoms with Crippen molar-refractivity contribution in [1.29, 1.82) is 0 Å². The largest absolute Gasteiger partial charge is 0.374 e. The van der Waals surface area contributed by atoms with Gasteiger partial charge in [-0.25, -0.2) is 4.39 Å². The van der Waals surface area contributed by atoms with Crippen LogP contribution in [0.2, 0.25) is 0 Å². The van der Waals surface area contributed by atoms with Crippen molar-refractivity contribution in [2.75, 3.05) is 11.9 Å². The first-order chi connectivity index (χ1) is 8.81. The van der Waals surface area contributed by atoms with E-state index >= 15 is 0 Å². The number of carbonyl (C=O) groups is 1. The summed E-state index contributed by atoms with van der Waals surface area (Å²) in [5, 5.41) is 5.95. The molecule has 3 nitrogen and oxygen atoms in total. The first-order valence-electron chi connectivity index (χ1n) is 6.31. The minimum atomic E-state index is -0.366. The third-order valence-electron chi connectivity index (χ3n) is 2.72. The molecule has 5 heteroatoms. The molecule has 0 aliphatic rings. The molecule has 0 saturated carbocycles. The van der Waals surface area contributed by atoms with Crippen LogP contribution in [-0.2, 0) is 4.79 Å². The molecule has 1 atom stereocenters. The normalized spacial score (nSPS) is 12.4. The van der Waals surface area contributed by atoms with Crippen LogP contribution in [-0.4, -0.2) is 18.5 Å². The van der Waals surface area contributed by atoms with Crippen LogP contribution in [0.5, 0.6) is 0 Å². The van der Waals surface area contributed by atoms with Crippen LogP contribution in [0.1, 0.15) is 26.3 Å². The highest BCUT2D eigenvalue weighted by Crippen LogP contribution is 2.24. The first kappa shape index (κ1) is 16.0. The zero-order valence-corrected chi connectivity index (χ0v) is 13.3. The highest BCUT2D eigenvalue weighted by Gasteiger charge is 2.14. The molecule has 0 spiro atoms. The summed E-state index contributed by atoms with van der Waals surface area (Å²) < 4.78 is 13.7. The van der Waals surface area contributed by atoms with Crippen LogP contribution in [0.15, 0.2) is 16.6 Å². The van der Waals surface area contributed by atoms with Crippen LogP contribution in [0.3, 0.4) is 0 Å². The molecule has 0 heterocycles. The minimum absolute atomic E-state index is 0.0615. The number of aryl methyl sites for hydroxylation is 1. The van der Waals surface area contributed by atoms with Crippen molar-refractivity contribution >= 4 is 27.5 Å². The Morgan fingerprint density at radius 1 is 1.37 bits per heavy atom. The molecule has 0 aromatic heterocycles. The fourth-order valence-electron chi connectivity index (χ4n) is 1.56. The van der Waals surface area contributed by atoms with Gasteiger partial charge in [0.1, 0.15) is 11.9 Å². The summed E-state index contributed by atoms with van der Waals surface area (Å²) in [6.07, 6.45) is 0. The van der Waals surface area contributed by atoms with Crippen molar-refractivity contribution < 1.29 is 9.18 Å². The Balaban J connectivity index is 2.69. The lowest BCUT2D eigenvalue weighted by Crippen LogP contribution is -2.39. The molecule has 0 aliphatic heterocycles. The van der Waals surface area contributed by atoms with Gasteiger partial charge in [0.25, 0.3) is 0 Å². The highest BCUT2D eigenvalue weighted by atomic mass is 79.9. The Morgan fingerprint density at radius 2 is 2.00 bits per heavy atom. The average molecular weight is 331 g/mol. The molecular weight excluding hydrogens is 311 g/mol. The molecule has 0 radical (unpaired) electrons. The van der Waals surface area contributed by atoms with Gasteiger partial charge in [0, 0.05) is 12.2 Å². The predicted molar refractivity (Wildman–Crippen MR) is 79.8 cm³/mol. The van der Waals surface area contributed by atoms with Crippen LogP contribution in [0, 0.1) is 18.7 Å². The van der Waals surface area contributed by atoms with Crippen molar-refractivity contribution in [1.82, 2.24) is 5.32 Å². The smallest absolute Gasteiger partial charge is 0.242 e. The number of carbonyl (C=O) groups excluding carboxylic acids is 1. The summed E-state index contributed by atoms with van der Waals surface area (Å²) in [6.45, 7) is 8.32. The molecule has 1 unspecified atom stereocenters. The molecule has 0 saturated heterocycles. The van der Waals surface area contributed by atoms with Crippen molar-refractivity contribution in [2.24, 2.45) is 5.92 Å². The van der Waals surface area contributed by atoms with Gasteiger partial charge in [-0.05, 0) is 53.4 Å². The van der Waals surface area contributed by atoms with E-state index in [-0.39, 0.29) is 17.8 Å². The monoisotopic (exact) mass is 330 g/mol. The van der Waals surface area contributed by atoms with Gasteiger partial charge < -0.3 is 10.6 Å². The number of amides is 1. The molecule has 1 aromatic rings. The Hall–Kier alpha value is -1.10. The van der Waals surface area contributed by atoms with Gasteiger partial charge in [0.15, 0.2) is 0 Å². The maximum atomic E-state index is 13.3. The van der Waals surface area contributed by atoms with Crippen molar-refractivity contribution in [3.63, 3.8) is 0 Å². The van der Waals surface area contributed by atoms with E-state index in [1.165, 1.54) is 6.07 Å². The van der Waals surface area contributed by atoms with Gasteiger partial charge >= 0.3 is 0 Å². The van der Waals surface area contributed by atoms with Crippen LogP contribution >= 0.6 is 15.9 Å². The molecule has 1 aromatic carbocycles. The molecule has 2 N–H and O–H groups in total. The van der Waals surface area contributed by atoms with E-state index in [2.05, 4.69) is 26.6 Å². The second-order valence-corrected chi connectivity index (χ2v) is 5.94. The third-order valence-corrected chi connectivity index (χ3v) is 3.32. The number of benzene rings is 1. The summed E-state index contributed by atoms with van der Waals surface area (Å²) in [5.74, 6) is 0.0476. The number of hydrogen-bond acceptors (Lipinski definition) is 2. The maximum absolute atomic E-state index is 13.3. The Morgan fingerprint density at radius 3 is 2.58 bits per heavy atom. The van der Waals surface area contributed by atoms with Crippen LogP contribution in [0.4, 0.5) is 10.1 Å². The lowest BCUT2D eigenvalue weighted by atomic mass is 10.1. The topological polar surface area (TPSA) is 41.1 Å². The van der Waals surface area contributed by atoms with Crippen LogP contribution in [0.25, 0.3) is 0 Å². The molecule has 1 rings (SSSR count). The summed E-state index contributed by atoms with van der Waals surface area (Å²) >= 11 is 3.14. The van der Waals surface area contributed by atoms with Gasteiger partial charge in [-0.1, -0.05) is 13.8 Å². The molecule has 0 bridgehead atoms. The SMILES string of the molecule is Cc1cc(F)c(Br)cc1NC(C)C(=O)NCC(C)C. The van der Waals surface area contributed by atoms with Gasteiger partial charge in [0.05, 0.1) is 4.47 Å². The second kappa shape index (κ2) is 6.89. The van der Waals surface area contributed by atoms with Crippen molar-refractivity contribution in [2.45, 2.75) is 33.7 Å². The van der Waals surface area contributed by atoms with Gasteiger partial charge in [0.2, 0.25) is 5.91 Å². The zero-order chi connectivity index (χ0) is 14.6. The maximum Gasteiger partial charge on any atom is 0.242 e. The van der Waals surface area contributed by atoms with Gasteiger partial charge in [-0.3, -0.25) is 4.79 Å². The summed E-state index contributed by atoms with van der Waals surface area (Å²) in [4.78, 5) is 11.9. The number of rotatable bonds is 5. The summed E-state index contributed by atoms with van der Waals surface area (Å²) in [5.41, 5.74) is 1.52. The molecule has 0 aliphatic carbocycles. The molecule has 1 amide bonds. The molecular formula is C14H20BrFN2O. The molecule has 0 fully saturated rings. The Labute approximate surface area is 122 Å². The van der Waals surface area contributed by atoms with E-state index in [1.807, 2.05) is 13.8 Å². The summed E-state index contributed by atoms with van der Waals surface area (Å²) in [6, 6.07) is 2.72. The predicted octanol–water partition coefficient (Wildman–Crippen LogP) is 3.47. The Bertz CT molecular complexity index is 463. The van der Waals surface area contributed by atoms with E-state index in [4.69, 9.17) is 0 Å². The number of halogens is 2. The Kier molecular flexibility index (Phi) is 5.79. The van der Waals surface area contributed by atoms with Gasteiger partial charge in [-0.15, -0.1) is 0 Å². The lowest BCUT2D eigenvalue weighted by molar-refractivity contribution is -0.121. The minimum Gasteiger partial charge on any atom is -0.374 e. The zero-order valence-electron chi connectivity index (χ0n) is 11.7. The van der Waals surface area contributed by atoms with Crippen molar-refractivity contribution in [3.05, 3.63) is 28.0 Å². The quantitative estimate of drug-likeness (QED) is 0.867. The first-order valence-corrected chi connectivity index (χ1v) is 7.10. The standard InChI is InChI=1S/C14H20BrFN2O/c1-8(2)7-17-14(19)10(4)18-13-6-11(15)12(16)5-9(13)3/h5-6,8,10,18H,7H2,1-4H3,(H,17,19). The molecule has 106 valence electrons. The third kappa shape index (κ3) is 4.82. The van der Waals surface area contributed by atoms with E-state index in [9.17, 15) is 9.18 Å². The average Bonchev–Trinajstić information content (AvgIpc) is 2.32. The number of nitrogens with one attached hydrogen (secondary N) is 2. The van der Waals surface area contributed by atoms with E-state index in [0.717, 1.165) is 11.3 Å². The van der Waals surface area contributed by atoms with Crippen molar-refractivity contribution in [3.8, 4) is 0 Å². The fraction of sp³-hybridized carbons (Fsp3) is 0.500. The lowest BCUT2D eigenvalue weighted by Gasteiger charge is -2.18. The van der Waals surface area contributed by atoms with E-state index in [0.29, 0.717) is 16.9 Å². The number of hydrogen-bond donors (Lipinski definition) is 2.